The van der Waals surface area contributed by atoms with Gasteiger partial charge in [0.2, 0.25) is 11.2 Å². The number of hydrogen-bond acceptors (Lipinski definition) is 0. The maximum absolute atomic E-state index is 2.53. The molecule has 0 spiro atoms. The smallest absolute Gasteiger partial charge is 0.194 e. The molecule has 1 heterocycles. The van der Waals surface area contributed by atoms with Crippen molar-refractivity contribution in [2.45, 2.75) is 70.1 Å². The van der Waals surface area contributed by atoms with E-state index in [9.17, 15) is 0 Å². The standard InChI is InChI=1S/C27H32N/c1-19-15-16-22(20-9-3-4-10-20)17-24(19)27-18-25(21-11-5-6-12-21)23-13-7-8-14-26(23)28(27)2/h7-8,13-18,20-21H,3-6,9-12H2,1-2H3/q+1. The Bertz CT molecular complexity index is 1000. The van der Waals surface area contributed by atoms with E-state index >= 15 is 0 Å². The zero-order chi connectivity index (χ0) is 19.1. The molecule has 0 N–H and O–H groups in total. The number of pyridine rings is 1. The maximum Gasteiger partial charge on any atom is 0.213 e. The van der Waals surface area contributed by atoms with Crippen molar-refractivity contribution >= 4 is 10.9 Å². The lowest BCUT2D eigenvalue weighted by molar-refractivity contribution is -0.633. The van der Waals surface area contributed by atoms with Crippen molar-refractivity contribution in [1.82, 2.24) is 0 Å². The first-order chi connectivity index (χ1) is 13.7. The number of rotatable bonds is 3. The molecular weight excluding hydrogens is 338 g/mol. The second kappa shape index (κ2) is 7.35. The summed E-state index contributed by atoms with van der Waals surface area (Å²) in [6.45, 7) is 2.28. The Labute approximate surface area is 169 Å². The average Bonchev–Trinajstić information content (AvgIpc) is 3.44. The van der Waals surface area contributed by atoms with Gasteiger partial charge in [0.25, 0.3) is 0 Å². The number of benzene rings is 2. The Balaban J connectivity index is 1.70. The first-order valence-corrected chi connectivity index (χ1v) is 11.2. The van der Waals surface area contributed by atoms with Crippen LogP contribution in [0.15, 0.2) is 48.5 Å². The molecule has 144 valence electrons. The van der Waals surface area contributed by atoms with E-state index in [4.69, 9.17) is 0 Å². The van der Waals surface area contributed by atoms with Crippen LogP contribution >= 0.6 is 0 Å². The van der Waals surface area contributed by atoms with E-state index in [0.29, 0.717) is 0 Å². The van der Waals surface area contributed by atoms with E-state index < -0.39 is 0 Å². The molecule has 2 saturated carbocycles. The lowest BCUT2D eigenvalue weighted by atomic mass is 9.89. The van der Waals surface area contributed by atoms with Gasteiger partial charge in [0.15, 0.2) is 0 Å². The molecule has 0 atom stereocenters. The summed E-state index contributed by atoms with van der Waals surface area (Å²) in [5.41, 5.74) is 8.70. The maximum atomic E-state index is 2.53. The van der Waals surface area contributed by atoms with E-state index in [1.165, 1.54) is 79.1 Å². The molecule has 0 amide bonds. The molecule has 0 bridgehead atoms. The van der Waals surface area contributed by atoms with Gasteiger partial charge >= 0.3 is 0 Å². The molecule has 0 aliphatic heterocycles. The molecule has 0 unspecified atom stereocenters. The fourth-order valence-electron chi connectivity index (χ4n) is 5.72. The van der Waals surface area contributed by atoms with Crippen molar-refractivity contribution in [2.75, 3.05) is 0 Å². The van der Waals surface area contributed by atoms with Gasteiger partial charge in [-0.25, -0.2) is 0 Å². The summed E-state index contributed by atoms with van der Waals surface area (Å²) in [5.74, 6) is 1.49. The van der Waals surface area contributed by atoms with Crippen LogP contribution in [-0.4, -0.2) is 0 Å². The zero-order valence-electron chi connectivity index (χ0n) is 17.4. The Hall–Kier alpha value is -2.15. The number of aromatic nitrogens is 1. The Morgan fingerprint density at radius 3 is 2.21 bits per heavy atom. The lowest BCUT2D eigenvalue weighted by Gasteiger charge is -2.17. The second-order valence-electron chi connectivity index (χ2n) is 9.10. The minimum Gasteiger partial charge on any atom is -0.194 e. The summed E-state index contributed by atoms with van der Waals surface area (Å²) in [5, 5.41) is 1.45. The number of aryl methyl sites for hydroxylation is 2. The highest BCUT2D eigenvalue weighted by molar-refractivity contribution is 5.82. The van der Waals surface area contributed by atoms with Crippen molar-refractivity contribution in [3.8, 4) is 11.3 Å². The van der Waals surface area contributed by atoms with Crippen molar-refractivity contribution in [1.29, 1.82) is 0 Å². The zero-order valence-corrected chi connectivity index (χ0v) is 17.4. The van der Waals surface area contributed by atoms with E-state index in [2.05, 4.69) is 67.1 Å². The fraction of sp³-hybridized carbons (Fsp3) is 0.444. The summed E-state index contributed by atoms with van der Waals surface area (Å²) in [6.07, 6.45) is 11.0. The van der Waals surface area contributed by atoms with Gasteiger partial charge in [-0.05, 0) is 73.3 Å². The summed E-state index contributed by atoms with van der Waals surface area (Å²) < 4.78 is 2.43. The highest BCUT2D eigenvalue weighted by Crippen LogP contribution is 2.40. The number of para-hydroxylation sites is 1. The predicted octanol–water partition coefficient (Wildman–Crippen LogP) is 6.95. The van der Waals surface area contributed by atoms with E-state index in [-0.39, 0.29) is 0 Å². The van der Waals surface area contributed by atoms with Crippen LogP contribution in [0.5, 0.6) is 0 Å². The first-order valence-electron chi connectivity index (χ1n) is 11.2. The van der Waals surface area contributed by atoms with Crippen LogP contribution in [0.25, 0.3) is 22.2 Å². The minimum atomic E-state index is 0.725. The summed E-state index contributed by atoms with van der Waals surface area (Å²) >= 11 is 0. The quantitative estimate of drug-likeness (QED) is 0.439. The molecule has 1 nitrogen and oxygen atoms in total. The summed E-state index contributed by atoms with van der Waals surface area (Å²) in [6, 6.07) is 18.8. The van der Waals surface area contributed by atoms with Crippen LogP contribution in [0, 0.1) is 6.92 Å². The highest BCUT2D eigenvalue weighted by atomic mass is 14.9. The van der Waals surface area contributed by atoms with Crippen molar-refractivity contribution in [3.63, 3.8) is 0 Å². The van der Waals surface area contributed by atoms with Crippen LogP contribution in [0.1, 0.15) is 79.9 Å². The second-order valence-corrected chi connectivity index (χ2v) is 9.10. The molecule has 2 aliphatic carbocycles. The average molecular weight is 371 g/mol. The highest BCUT2D eigenvalue weighted by Gasteiger charge is 2.26. The van der Waals surface area contributed by atoms with Crippen LogP contribution in [0.2, 0.25) is 0 Å². The van der Waals surface area contributed by atoms with Crippen LogP contribution in [0.4, 0.5) is 0 Å². The first kappa shape index (κ1) is 17.9. The van der Waals surface area contributed by atoms with Gasteiger partial charge in [-0.15, -0.1) is 0 Å². The molecule has 5 rings (SSSR count). The van der Waals surface area contributed by atoms with Gasteiger partial charge < -0.3 is 0 Å². The van der Waals surface area contributed by atoms with Crippen molar-refractivity contribution in [2.24, 2.45) is 7.05 Å². The molecular formula is C27H32N+. The van der Waals surface area contributed by atoms with E-state index in [1.54, 1.807) is 11.1 Å². The van der Waals surface area contributed by atoms with E-state index in [1.807, 2.05) is 0 Å². The van der Waals surface area contributed by atoms with Gasteiger partial charge in [-0.2, -0.15) is 4.57 Å². The van der Waals surface area contributed by atoms with Crippen molar-refractivity contribution < 1.29 is 4.57 Å². The Morgan fingerprint density at radius 2 is 1.46 bits per heavy atom. The van der Waals surface area contributed by atoms with Gasteiger partial charge in [0.1, 0.15) is 7.05 Å². The number of nitrogens with zero attached hydrogens (tertiary/aromatic N) is 1. The normalized spacial score (nSPS) is 18.4. The third-order valence-corrected chi connectivity index (χ3v) is 7.39. The van der Waals surface area contributed by atoms with Gasteiger partial charge in [0, 0.05) is 23.1 Å². The van der Waals surface area contributed by atoms with Crippen LogP contribution in [-0.2, 0) is 7.05 Å². The van der Waals surface area contributed by atoms with Crippen molar-refractivity contribution in [3.05, 3.63) is 65.2 Å². The number of hydrogen-bond donors (Lipinski definition) is 0. The lowest BCUT2D eigenvalue weighted by Crippen LogP contribution is -2.33. The molecule has 0 saturated heterocycles. The van der Waals surface area contributed by atoms with Crippen LogP contribution < -0.4 is 4.57 Å². The molecule has 1 aromatic heterocycles. The topological polar surface area (TPSA) is 3.88 Å². The Kier molecular flexibility index (Phi) is 4.70. The van der Waals surface area contributed by atoms with Gasteiger partial charge in [-0.3, -0.25) is 0 Å². The summed E-state index contributed by atoms with van der Waals surface area (Å²) in [7, 11) is 2.25. The SMILES string of the molecule is Cc1ccc(C2CCCC2)cc1-c1cc(C2CCCC2)c2ccccc2[n+]1C. The molecule has 2 fully saturated rings. The summed E-state index contributed by atoms with van der Waals surface area (Å²) in [4.78, 5) is 0. The fourth-order valence-corrected chi connectivity index (χ4v) is 5.72. The third kappa shape index (κ3) is 3.05. The minimum absolute atomic E-state index is 0.725. The molecule has 3 aromatic rings. The molecule has 2 aromatic carbocycles. The van der Waals surface area contributed by atoms with E-state index in [0.717, 1.165) is 11.8 Å². The Morgan fingerprint density at radius 1 is 0.786 bits per heavy atom. The largest absolute Gasteiger partial charge is 0.213 e. The predicted molar refractivity (Wildman–Crippen MR) is 118 cm³/mol. The third-order valence-electron chi connectivity index (χ3n) is 7.39. The molecule has 28 heavy (non-hydrogen) atoms. The molecule has 0 radical (unpaired) electrons. The molecule has 1 heteroatoms. The number of fused-ring (bicyclic) bond motifs is 1. The molecule has 2 aliphatic rings. The van der Waals surface area contributed by atoms with Crippen LogP contribution in [0.3, 0.4) is 0 Å². The van der Waals surface area contributed by atoms with Gasteiger partial charge in [-0.1, -0.05) is 49.9 Å². The monoisotopic (exact) mass is 370 g/mol. The van der Waals surface area contributed by atoms with Gasteiger partial charge in [0.05, 0.1) is 0 Å².